The zero-order valence-electron chi connectivity index (χ0n) is 8.53. The average molecular weight is 205 g/mol. The molecule has 0 aliphatic rings. The molecule has 0 rings (SSSR count). The van der Waals surface area contributed by atoms with Crippen LogP contribution < -0.4 is 5.32 Å². The molecule has 0 aromatic heterocycles. The zero-order valence-corrected chi connectivity index (χ0v) is 8.53. The summed E-state index contributed by atoms with van der Waals surface area (Å²) in [5, 5.41) is 19.6. The Labute approximate surface area is 84.1 Å². The number of hydrogen-bond donors (Lipinski definition) is 3. The van der Waals surface area contributed by atoms with E-state index in [1.165, 1.54) is 0 Å². The van der Waals surface area contributed by atoms with E-state index < -0.39 is 6.29 Å². The summed E-state index contributed by atoms with van der Waals surface area (Å²) in [6.07, 6.45) is -0.241. The lowest BCUT2D eigenvalue weighted by Crippen LogP contribution is -2.28. The Bertz CT molecular complexity index is 150. The first kappa shape index (κ1) is 13.4. The van der Waals surface area contributed by atoms with Crippen molar-refractivity contribution in [1.29, 1.82) is 0 Å². The van der Waals surface area contributed by atoms with Crippen molar-refractivity contribution in [2.45, 2.75) is 32.5 Å². The number of carbonyl (C=O) groups excluding carboxylic acids is 1. The molecule has 0 aliphatic heterocycles. The first-order valence-corrected chi connectivity index (χ1v) is 4.87. The minimum atomic E-state index is -1.41. The molecular formula is C9H19NO4. The number of hydrogen-bond acceptors (Lipinski definition) is 4. The van der Waals surface area contributed by atoms with Gasteiger partial charge in [-0.15, -0.1) is 0 Å². The Balaban J connectivity index is 3.18. The summed E-state index contributed by atoms with van der Waals surface area (Å²) >= 11 is 0. The number of rotatable bonds is 8. The highest BCUT2D eigenvalue weighted by Crippen LogP contribution is 1.92. The molecule has 0 spiro atoms. The van der Waals surface area contributed by atoms with Crippen LogP contribution in [0.5, 0.6) is 0 Å². The molecule has 0 saturated carbocycles. The predicted molar refractivity (Wildman–Crippen MR) is 51.6 cm³/mol. The third-order valence-corrected chi connectivity index (χ3v) is 1.55. The second-order valence-electron chi connectivity index (χ2n) is 2.98. The fraction of sp³-hybridized carbons (Fsp3) is 0.889. The fourth-order valence-corrected chi connectivity index (χ4v) is 0.858. The van der Waals surface area contributed by atoms with Gasteiger partial charge in [0.15, 0.2) is 6.29 Å². The number of carbonyl (C=O) groups is 1. The molecule has 0 unspecified atom stereocenters. The van der Waals surface area contributed by atoms with Crippen molar-refractivity contribution in [2.75, 3.05) is 19.8 Å². The maximum Gasteiger partial charge on any atom is 0.220 e. The lowest BCUT2D eigenvalue weighted by Gasteiger charge is -2.06. The summed E-state index contributed by atoms with van der Waals surface area (Å²) in [4.78, 5) is 11.0. The summed E-state index contributed by atoms with van der Waals surface area (Å²) < 4.78 is 5.15. The SMILES string of the molecule is CCCOCCNC(=O)CCC(O)O. The lowest BCUT2D eigenvalue weighted by atomic mass is 10.3. The van der Waals surface area contributed by atoms with Crippen molar-refractivity contribution in [2.24, 2.45) is 0 Å². The van der Waals surface area contributed by atoms with Crippen LogP contribution in [0, 0.1) is 0 Å². The minimum Gasteiger partial charge on any atom is -0.380 e. The van der Waals surface area contributed by atoms with Gasteiger partial charge in [0.2, 0.25) is 5.91 Å². The van der Waals surface area contributed by atoms with Crippen LogP contribution in [0.25, 0.3) is 0 Å². The van der Waals surface area contributed by atoms with Gasteiger partial charge in [0.05, 0.1) is 6.61 Å². The second kappa shape index (κ2) is 8.93. The maximum atomic E-state index is 11.0. The number of aliphatic hydroxyl groups is 2. The number of amides is 1. The molecule has 0 saturated heterocycles. The molecule has 0 aliphatic carbocycles. The van der Waals surface area contributed by atoms with Crippen LogP contribution in [-0.4, -0.2) is 42.2 Å². The van der Waals surface area contributed by atoms with Gasteiger partial charge in [-0.1, -0.05) is 6.92 Å². The van der Waals surface area contributed by atoms with E-state index >= 15 is 0 Å². The second-order valence-corrected chi connectivity index (χ2v) is 2.98. The van der Waals surface area contributed by atoms with E-state index in [4.69, 9.17) is 14.9 Å². The van der Waals surface area contributed by atoms with Gasteiger partial charge in [0.25, 0.3) is 0 Å². The van der Waals surface area contributed by atoms with Crippen molar-refractivity contribution < 1.29 is 19.7 Å². The van der Waals surface area contributed by atoms with E-state index in [0.717, 1.165) is 6.42 Å². The Morgan fingerprint density at radius 2 is 2.14 bits per heavy atom. The third-order valence-electron chi connectivity index (χ3n) is 1.55. The summed E-state index contributed by atoms with van der Waals surface area (Å²) in [7, 11) is 0. The normalized spacial score (nSPS) is 10.6. The summed E-state index contributed by atoms with van der Waals surface area (Å²) in [6.45, 7) is 3.69. The molecule has 1 amide bonds. The van der Waals surface area contributed by atoms with Crippen LogP contribution in [0.1, 0.15) is 26.2 Å². The largest absolute Gasteiger partial charge is 0.380 e. The molecule has 0 atom stereocenters. The molecule has 0 heterocycles. The Hall–Kier alpha value is -0.650. The van der Waals surface area contributed by atoms with Crippen molar-refractivity contribution >= 4 is 5.91 Å². The Kier molecular flexibility index (Phi) is 8.51. The van der Waals surface area contributed by atoms with Gasteiger partial charge in [-0.25, -0.2) is 0 Å². The van der Waals surface area contributed by atoms with Crippen molar-refractivity contribution in [3.8, 4) is 0 Å². The van der Waals surface area contributed by atoms with Crippen molar-refractivity contribution in [1.82, 2.24) is 5.32 Å². The van der Waals surface area contributed by atoms with E-state index in [1.807, 2.05) is 6.92 Å². The number of aliphatic hydroxyl groups excluding tert-OH is 1. The van der Waals surface area contributed by atoms with Gasteiger partial charge >= 0.3 is 0 Å². The Morgan fingerprint density at radius 1 is 1.43 bits per heavy atom. The fourth-order valence-electron chi connectivity index (χ4n) is 0.858. The van der Waals surface area contributed by atoms with E-state index in [2.05, 4.69) is 5.32 Å². The van der Waals surface area contributed by atoms with Crippen LogP contribution in [0.3, 0.4) is 0 Å². The number of ether oxygens (including phenoxy) is 1. The molecule has 5 nitrogen and oxygen atoms in total. The van der Waals surface area contributed by atoms with Crippen LogP contribution in [-0.2, 0) is 9.53 Å². The summed E-state index contributed by atoms with van der Waals surface area (Å²) in [5.74, 6) is -0.182. The van der Waals surface area contributed by atoms with Gasteiger partial charge in [-0.3, -0.25) is 4.79 Å². The molecule has 0 aromatic rings. The molecule has 84 valence electrons. The van der Waals surface area contributed by atoms with E-state index in [-0.39, 0.29) is 18.7 Å². The molecule has 14 heavy (non-hydrogen) atoms. The maximum absolute atomic E-state index is 11.0. The Morgan fingerprint density at radius 3 is 2.71 bits per heavy atom. The molecule has 0 bridgehead atoms. The quantitative estimate of drug-likeness (QED) is 0.373. The van der Waals surface area contributed by atoms with Gasteiger partial charge in [0.1, 0.15) is 0 Å². The standard InChI is InChI=1S/C9H19NO4/c1-2-6-14-7-5-10-8(11)3-4-9(12)13/h9,12-13H,2-7H2,1H3,(H,10,11). The topological polar surface area (TPSA) is 78.8 Å². The third kappa shape index (κ3) is 9.44. The molecular weight excluding hydrogens is 186 g/mol. The van der Waals surface area contributed by atoms with Gasteiger partial charge in [-0.05, 0) is 6.42 Å². The lowest BCUT2D eigenvalue weighted by molar-refractivity contribution is -0.123. The number of nitrogens with one attached hydrogen (secondary N) is 1. The van der Waals surface area contributed by atoms with E-state index in [9.17, 15) is 4.79 Å². The first-order valence-electron chi connectivity index (χ1n) is 4.87. The highest BCUT2D eigenvalue weighted by molar-refractivity contribution is 5.75. The average Bonchev–Trinajstić information content (AvgIpc) is 2.14. The van der Waals surface area contributed by atoms with Crippen LogP contribution in [0.2, 0.25) is 0 Å². The van der Waals surface area contributed by atoms with Gasteiger partial charge in [0, 0.05) is 26.0 Å². The molecule has 0 fully saturated rings. The smallest absolute Gasteiger partial charge is 0.220 e. The monoisotopic (exact) mass is 205 g/mol. The highest BCUT2D eigenvalue weighted by Gasteiger charge is 2.03. The molecule has 3 N–H and O–H groups in total. The summed E-state index contributed by atoms with van der Waals surface area (Å²) in [6, 6.07) is 0. The summed E-state index contributed by atoms with van der Waals surface area (Å²) in [5.41, 5.74) is 0. The zero-order chi connectivity index (χ0) is 10.8. The van der Waals surface area contributed by atoms with Crippen LogP contribution in [0.15, 0.2) is 0 Å². The van der Waals surface area contributed by atoms with Gasteiger partial charge in [-0.2, -0.15) is 0 Å². The highest BCUT2D eigenvalue weighted by atomic mass is 16.5. The van der Waals surface area contributed by atoms with E-state index in [1.54, 1.807) is 0 Å². The van der Waals surface area contributed by atoms with Crippen molar-refractivity contribution in [3.63, 3.8) is 0 Å². The first-order chi connectivity index (χ1) is 6.66. The van der Waals surface area contributed by atoms with Crippen molar-refractivity contribution in [3.05, 3.63) is 0 Å². The van der Waals surface area contributed by atoms with Crippen LogP contribution >= 0.6 is 0 Å². The molecule has 5 heteroatoms. The predicted octanol–water partition coefficient (Wildman–Crippen LogP) is -0.380. The van der Waals surface area contributed by atoms with E-state index in [0.29, 0.717) is 19.8 Å². The van der Waals surface area contributed by atoms with Gasteiger partial charge < -0.3 is 20.3 Å². The minimum absolute atomic E-state index is 0.0711. The molecule has 0 aromatic carbocycles. The van der Waals surface area contributed by atoms with Crippen LogP contribution in [0.4, 0.5) is 0 Å². The molecule has 0 radical (unpaired) electrons.